The Morgan fingerprint density at radius 1 is 0.947 bits per heavy atom. The smallest absolute Gasteiger partial charge is 0.166 e. The zero-order valence-electron chi connectivity index (χ0n) is 10.2. The molecule has 0 bridgehead atoms. The van der Waals surface area contributed by atoms with Crippen molar-refractivity contribution in [2.45, 2.75) is 6.54 Å². The number of hydrogen-bond acceptors (Lipinski definition) is 1. The summed E-state index contributed by atoms with van der Waals surface area (Å²) in [6.07, 6.45) is 0. The van der Waals surface area contributed by atoms with E-state index in [1.54, 1.807) is 4.57 Å². The minimum Gasteiger partial charge on any atom is -0.385 e. The van der Waals surface area contributed by atoms with Crippen LogP contribution in [0.25, 0.3) is 10.9 Å². The molecule has 1 aromatic heterocycles. The van der Waals surface area contributed by atoms with Gasteiger partial charge >= 0.3 is 0 Å². The van der Waals surface area contributed by atoms with Gasteiger partial charge in [-0.15, -0.1) is 23.6 Å². The normalized spacial score (nSPS) is 10.1. The molecule has 0 atom stereocenters. The Morgan fingerprint density at radius 2 is 1.63 bits per heavy atom. The van der Waals surface area contributed by atoms with Crippen LogP contribution in [0.5, 0.6) is 0 Å². The first-order valence-electron chi connectivity index (χ1n) is 5.89. The number of para-hydroxylation sites is 1. The van der Waals surface area contributed by atoms with E-state index in [-0.39, 0.29) is 26.0 Å². The van der Waals surface area contributed by atoms with Crippen LogP contribution in [0.4, 0.5) is 0 Å². The van der Waals surface area contributed by atoms with Crippen LogP contribution in [0.15, 0.2) is 65.5 Å². The van der Waals surface area contributed by atoms with Crippen molar-refractivity contribution in [1.29, 1.82) is 0 Å². The van der Waals surface area contributed by atoms with E-state index < -0.39 is 0 Å². The van der Waals surface area contributed by atoms with E-state index >= 15 is 0 Å². The molecule has 0 unspecified atom stereocenters. The van der Waals surface area contributed by atoms with Crippen LogP contribution < -0.4 is 5.56 Å². The van der Waals surface area contributed by atoms with E-state index in [1.165, 1.54) is 6.07 Å². The molecule has 3 rings (SSSR count). The molecular weight excluding hydrogens is 329 g/mol. The molecule has 0 aliphatic rings. The third kappa shape index (κ3) is 2.84. The Labute approximate surface area is 125 Å². The number of rotatable bonds is 2. The van der Waals surface area contributed by atoms with Crippen LogP contribution in [0.1, 0.15) is 5.56 Å². The maximum atomic E-state index is 12.0. The van der Waals surface area contributed by atoms with Gasteiger partial charge in [0.1, 0.15) is 0 Å². The molecule has 19 heavy (non-hydrogen) atoms. The fourth-order valence-electron chi connectivity index (χ4n) is 2.10. The second kappa shape index (κ2) is 5.97. The third-order valence-electron chi connectivity index (χ3n) is 3.00. The molecule has 0 aliphatic carbocycles. The number of pyridine rings is 1. The molecule has 0 N–H and O–H groups in total. The predicted molar refractivity (Wildman–Crippen MR) is 72.6 cm³/mol. The van der Waals surface area contributed by atoms with Gasteiger partial charge in [0.05, 0.1) is 0 Å². The van der Waals surface area contributed by atoms with E-state index in [0.29, 0.717) is 6.54 Å². The van der Waals surface area contributed by atoms with Crippen LogP contribution in [-0.2, 0) is 27.0 Å². The van der Waals surface area contributed by atoms with Crippen molar-refractivity contribution in [2.75, 3.05) is 0 Å². The van der Waals surface area contributed by atoms with Crippen molar-refractivity contribution in [3.63, 3.8) is 0 Å². The van der Waals surface area contributed by atoms with Crippen molar-refractivity contribution in [3.05, 3.63) is 82.6 Å². The third-order valence-corrected chi connectivity index (χ3v) is 3.00. The van der Waals surface area contributed by atoms with Crippen molar-refractivity contribution < 1.29 is 20.4 Å². The summed E-state index contributed by atoms with van der Waals surface area (Å²) in [5, 5.41) is 0.966. The summed E-state index contributed by atoms with van der Waals surface area (Å²) < 4.78 is 1.78. The second-order valence-electron chi connectivity index (χ2n) is 4.22. The number of fused-ring (bicyclic) bond motifs is 1. The monoisotopic (exact) mass is 340 g/mol. The molecule has 0 spiro atoms. The number of aromatic nitrogens is 1. The van der Waals surface area contributed by atoms with Crippen LogP contribution in [-0.4, -0.2) is 4.57 Å². The van der Waals surface area contributed by atoms with Gasteiger partial charge in [0.25, 0.3) is 0 Å². The molecule has 0 fully saturated rings. The summed E-state index contributed by atoms with van der Waals surface area (Å²) >= 11 is 0. The van der Waals surface area contributed by atoms with Gasteiger partial charge in [-0.05, 0) is 11.1 Å². The first kappa shape index (κ1) is 13.7. The summed E-state index contributed by atoms with van der Waals surface area (Å²) in [5.74, 6) is 0. The minimum absolute atomic E-state index is 0. The maximum Gasteiger partial charge on any atom is 0.166 e. The minimum atomic E-state index is -0.0162. The topological polar surface area (TPSA) is 22.0 Å². The largest absolute Gasteiger partial charge is 0.385 e. The van der Waals surface area contributed by atoms with Gasteiger partial charge in [-0.2, -0.15) is 0 Å². The summed E-state index contributed by atoms with van der Waals surface area (Å²) in [7, 11) is 0. The molecule has 0 amide bonds. The molecule has 3 aromatic rings. The van der Waals surface area contributed by atoms with E-state index in [9.17, 15) is 4.79 Å². The number of hydrogen-bond donors (Lipinski definition) is 0. The average Bonchev–Trinajstić information content (AvgIpc) is 2.43. The molecule has 0 aliphatic heterocycles. The quantitative estimate of drug-likeness (QED) is 0.519. The Morgan fingerprint density at radius 3 is 2.42 bits per heavy atom. The Bertz CT molecular complexity index is 734. The average molecular weight is 341 g/mol. The molecule has 98 valence electrons. The van der Waals surface area contributed by atoms with E-state index in [2.05, 4.69) is 6.07 Å². The summed E-state index contributed by atoms with van der Waals surface area (Å²) in [6.45, 7) is 0.592. The number of benzene rings is 2. The van der Waals surface area contributed by atoms with Gasteiger partial charge in [0, 0.05) is 27.0 Å². The Balaban J connectivity index is 0.00000133. The van der Waals surface area contributed by atoms with Gasteiger partial charge in [0.15, 0.2) is 5.56 Å². The SMILES string of the molecule is O=c1c[c-]c2ccccc2n1Cc1ccccc1.[Pd]. The van der Waals surface area contributed by atoms with Crippen molar-refractivity contribution in [2.24, 2.45) is 0 Å². The van der Waals surface area contributed by atoms with Gasteiger partial charge < -0.3 is 9.36 Å². The van der Waals surface area contributed by atoms with Crippen LogP contribution in [0.2, 0.25) is 0 Å². The molecule has 3 heteroatoms. The van der Waals surface area contributed by atoms with Crippen molar-refractivity contribution in [3.8, 4) is 0 Å². The summed E-state index contributed by atoms with van der Waals surface area (Å²) in [5.41, 5.74) is 2.03. The zero-order valence-corrected chi connectivity index (χ0v) is 11.7. The molecule has 0 radical (unpaired) electrons. The molecule has 1 heterocycles. The zero-order chi connectivity index (χ0) is 12.4. The van der Waals surface area contributed by atoms with Gasteiger partial charge in [-0.1, -0.05) is 48.5 Å². The first-order valence-corrected chi connectivity index (χ1v) is 5.89. The number of nitrogens with zero attached hydrogens (tertiary/aromatic N) is 1. The van der Waals surface area contributed by atoms with Gasteiger partial charge in [-0.25, -0.2) is 0 Å². The molecular formula is C16H12NOPd-. The van der Waals surface area contributed by atoms with Gasteiger partial charge in [-0.3, -0.25) is 0 Å². The van der Waals surface area contributed by atoms with Crippen LogP contribution in [0.3, 0.4) is 0 Å². The molecule has 0 saturated carbocycles. The molecule has 0 saturated heterocycles. The predicted octanol–water partition coefficient (Wildman–Crippen LogP) is 2.85. The van der Waals surface area contributed by atoms with E-state index in [1.807, 2.05) is 54.6 Å². The fourth-order valence-corrected chi connectivity index (χ4v) is 2.10. The van der Waals surface area contributed by atoms with Gasteiger partial charge in [0.2, 0.25) is 0 Å². The second-order valence-corrected chi connectivity index (χ2v) is 4.22. The van der Waals surface area contributed by atoms with Crippen molar-refractivity contribution in [1.82, 2.24) is 4.57 Å². The van der Waals surface area contributed by atoms with E-state index in [4.69, 9.17) is 0 Å². The van der Waals surface area contributed by atoms with Crippen LogP contribution >= 0.6 is 0 Å². The molecule has 2 nitrogen and oxygen atoms in total. The fraction of sp³-hybridized carbons (Fsp3) is 0.0625. The van der Waals surface area contributed by atoms with E-state index in [0.717, 1.165) is 16.5 Å². The first-order chi connectivity index (χ1) is 8.84. The van der Waals surface area contributed by atoms with Crippen LogP contribution in [0, 0.1) is 6.07 Å². The standard InChI is InChI=1S/C16H12NO.Pd/c18-16-11-10-14-8-4-5-9-15(14)17(16)12-13-6-2-1-3-7-13;/h1-9,11H,12H2;/q-1;. The maximum absolute atomic E-state index is 12.0. The molecule has 2 aromatic carbocycles. The van der Waals surface area contributed by atoms with Crippen molar-refractivity contribution >= 4 is 10.9 Å². The Hall–Kier alpha value is -1.69. The Kier molecular flexibility index (Phi) is 4.32. The summed E-state index contributed by atoms with van der Waals surface area (Å²) in [4.78, 5) is 12.0. The summed E-state index contributed by atoms with van der Waals surface area (Å²) in [6, 6.07) is 22.3.